The highest BCUT2D eigenvalue weighted by molar-refractivity contribution is 5.40. The Balaban J connectivity index is 1.78. The molecule has 0 fully saturated rings. The topological polar surface area (TPSA) is 60.0 Å². The van der Waals surface area contributed by atoms with Gasteiger partial charge in [0.1, 0.15) is 5.82 Å². The number of fused-ring (bicyclic) bond motifs is 1. The lowest BCUT2D eigenvalue weighted by Gasteiger charge is -2.03. The van der Waals surface area contributed by atoms with E-state index >= 15 is 0 Å². The van der Waals surface area contributed by atoms with E-state index in [0.717, 1.165) is 22.7 Å². The summed E-state index contributed by atoms with van der Waals surface area (Å²) >= 11 is 0. The zero-order valence-corrected chi connectivity index (χ0v) is 10.3. The minimum Gasteiger partial charge on any atom is -0.364 e. The monoisotopic (exact) mass is 242 g/mol. The number of anilines is 1. The summed E-state index contributed by atoms with van der Waals surface area (Å²) in [4.78, 5) is 4.35. The summed E-state index contributed by atoms with van der Waals surface area (Å²) in [5.41, 5.74) is 2.91. The summed E-state index contributed by atoms with van der Waals surface area (Å²) in [6.07, 6.45) is 5.73. The van der Waals surface area contributed by atoms with Crippen LogP contribution in [0.3, 0.4) is 0 Å². The van der Waals surface area contributed by atoms with Crippen molar-refractivity contribution in [3.8, 4) is 0 Å². The van der Waals surface area contributed by atoms with Gasteiger partial charge in [-0.25, -0.2) is 9.50 Å². The van der Waals surface area contributed by atoms with Crippen molar-refractivity contribution in [2.24, 2.45) is 7.05 Å². The Labute approximate surface area is 104 Å². The second-order valence-electron chi connectivity index (χ2n) is 4.28. The Morgan fingerprint density at radius 1 is 1.33 bits per heavy atom. The van der Waals surface area contributed by atoms with Crippen molar-refractivity contribution in [2.45, 2.75) is 13.5 Å². The van der Waals surface area contributed by atoms with E-state index < -0.39 is 0 Å². The van der Waals surface area contributed by atoms with Crippen LogP contribution in [0.4, 0.5) is 5.82 Å². The maximum atomic E-state index is 4.35. The van der Waals surface area contributed by atoms with Crippen LogP contribution in [0, 0.1) is 6.92 Å². The molecule has 92 valence electrons. The van der Waals surface area contributed by atoms with Crippen LogP contribution in [-0.4, -0.2) is 24.4 Å². The lowest BCUT2D eigenvalue weighted by Crippen LogP contribution is -2.03. The second kappa shape index (κ2) is 4.14. The van der Waals surface area contributed by atoms with Crippen LogP contribution in [0.15, 0.2) is 30.7 Å². The van der Waals surface area contributed by atoms with Gasteiger partial charge in [-0.3, -0.25) is 4.68 Å². The molecule has 0 saturated heterocycles. The third-order valence-electron chi connectivity index (χ3n) is 2.68. The summed E-state index contributed by atoms with van der Waals surface area (Å²) in [6.45, 7) is 2.64. The lowest BCUT2D eigenvalue weighted by atomic mass is 10.3. The van der Waals surface area contributed by atoms with Crippen LogP contribution < -0.4 is 5.32 Å². The van der Waals surface area contributed by atoms with E-state index in [1.165, 1.54) is 0 Å². The molecule has 0 radical (unpaired) electrons. The number of aryl methyl sites for hydroxylation is 2. The van der Waals surface area contributed by atoms with Gasteiger partial charge in [-0.1, -0.05) is 0 Å². The van der Waals surface area contributed by atoms with Crippen LogP contribution in [-0.2, 0) is 13.6 Å². The molecule has 3 aromatic rings. The lowest BCUT2D eigenvalue weighted by molar-refractivity contribution is 0.768. The first-order valence-corrected chi connectivity index (χ1v) is 5.75. The van der Waals surface area contributed by atoms with Gasteiger partial charge in [-0.15, -0.1) is 0 Å². The molecule has 0 amide bonds. The molecule has 0 bridgehead atoms. The van der Waals surface area contributed by atoms with Crippen LogP contribution in [0.1, 0.15) is 11.3 Å². The molecule has 0 spiro atoms. The number of hydrogen-bond donors (Lipinski definition) is 1. The number of nitrogens with zero attached hydrogens (tertiary/aromatic N) is 5. The van der Waals surface area contributed by atoms with E-state index in [1.807, 2.05) is 44.7 Å². The van der Waals surface area contributed by atoms with Crippen LogP contribution in [0.25, 0.3) is 5.65 Å². The van der Waals surface area contributed by atoms with Gasteiger partial charge in [0, 0.05) is 49.9 Å². The normalized spacial score (nSPS) is 11.0. The molecule has 18 heavy (non-hydrogen) atoms. The maximum Gasteiger partial charge on any atom is 0.155 e. The molecule has 6 nitrogen and oxygen atoms in total. The zero-order chi connectivity index (χ0) is 12.5. The predicted molar refractivity (Wildman–Crippen MR) is 68.3 cm³/mol. The van der Waals surface area contributed by atoms with Gasteiger partial charge in [0.25, 0.3) is 0 Å². The molecule has 0 aliphatic heterocycles. The summed E-state index contributed by atoms with van der Waals surface area (Å²) in [5, 5.41) is 11.8. The molecule has 0 atom stereocenters. The quantitative estimate of drug-likeness (QED) is 0.754. The number of rotatable bonds is 3. The van der Waals surface area contributed by atoms with Crippen LogP contribution in [0.5, 0.6) is 0 Å². The highest BCUT2D eigenvalue weighted by atomic mass is 15.3. The minimum atomic E-state index is 0.679. The Hall–Kier alpha value is -2.37. The summed E-state index contributed by atoms with van der Waals surface area (Å²) in [6, 6.07) is 3.89. The molecule has 0 aromatic carbocycles. The van der Waals surface area contributed by atoms with Gasteiger partial charge < -0.3 is 5.32 Å². The average Bonchev–Trinajstić information content (AvgIpc) is 2.90. The number of aromatic nitrogens is 5. The Morgan fingerprint density at radius 2 is 2.22 bits per heavy atom. The van der Waals surface area contributed by atoms with Crippen molar-refractivity contribution in [2.75, 3.05) is 5.32 Å². The summed E-state index contributed by atoms with van der Waals surface area (Å²) < 4.78 is 3.56. The average molecular weight is 242 g/mol. The third kappa shape index (κ3) is 2.04. The fourth-order valence-electron chi connectivity index (χ4n) is 1.83. The van der Waals surface area contributed by atoms with Crippen molar-refractivity contribution in [1.82, 2.24) is 24.4 Å². The molecule has 3 rings (SSSR count). The van der Waals surface area contributed by atoms with Crippen molar-refractivity contribution in [1.29, 1.82) is 0 Å². The van der Waals surface area contributed by atoms with Crippen molar-refractivity contribution in [3.05, 3.63) is 42.0 Å². The van der Waals surface area contributed by atoms with E-state index in [2.05, 4.69) is 20.5 Å². The Morgan fingerprint density at radius 3 is 3.00 bits per heavy atom. The van der Waals surface area contributed by atoms with Crippen molar-refractivity contribution in [3.63, 3.8) is 0 Å². The van der Waals surface area contributed by atoms with E-state index in [1.54, 1.807) is 9.20 Å². The molecular weight excluding hydrogens is 228 g/mol. The zero-order valence-electron chi connectivity index (χ0n) is 10.3. The third-order valence-corrected chi connectivity index (χ3v) is 2.68. The summed E-state index contributed by atoms with van der Waals surface area (Å²) in [5.74, 6) is 0.856. The molecule has 0 saturated carbocycles. The smallest absolute Gasteiger partial charge is 0.155 e. The van der Waals surface area contributed by atoms with Gasteiger partial charge in [-0.2, -0.15) is 10.2 Å². The number of hydrogen-bond acceptors (Lipinski definition) is 4. The summed E-state index contributed by atoms with van der Waals surface area (Å²) in [7, 11) is 1.89. The fourth-order valence-corrected chi connectivity index (χ4v) is 1.83. The first kappa shape index (κ1) is 10.8. The molecular formula is C12H14N6. The van der Waals surface area contributed by atoms with Crippen molar-refractivity contribution < 1.29 is 0 Å². The Kier molecular flexibility index (Phi) is 2.47. The first-order valence-electron chi connectivity index (χ1n) is 5.75. The maximum absolute atomic E-state index is 4.35. The molecule has 3 heterocycles. The second-order valence-corrected chi connectivity index (χ2v) is 4.28. The van der Waals surface area contributed by atoms with Gasteiger partial charge in [0.05, 0.1) is 5.69 Å². The minimum absolute atomic E-state index is 0.679. The van der Waals surface area contributed by atoms with Crippen LogP contribution >= 0.6 is 0 Å². The van der Waals surface area contributed by atoms with E-state index in [9.17, 15) is 0 Å². The van der Waals surface area contributed by atoms with Gasteiger partial charge in [0.15, 0.2) is 5.65 Å². The molecule has 0 unspecified atom stereocenters. The molecule has 3 aromatic heterocycles. The standard InChI is InChI=1S/C12H14N6/c1-9-5-12-14-7-10(8-18(12)15-9)6-13-11-3-4-17(2)16-11/h3-5,7-8H,6H2,1-2H3,(H,13,16). The first-order chi connectivity index (χ1) is 8.70. The van der Waals surface area contributed by atoms with Gasteiger partial charge in [-0.05, 0) is 6.92 Å². The fraction of sp³-hybridized carbons (Fsp3) is 0.250. The van der Waals surface area contributed by atoms with Gasteiger partial charge in [0.2, 0.25) is 0 Å². The van der Waals surface area contributed by atoms with E-state index in [4.69, 9.17) is 0 Å². The SMILES string of the molecule is Cc1cc2ncc(CNc3ccn(C)n3)cn2n1. The highest BCUT2D eigenvalue weighted by Gasteiger charge is 2.01. The van der Waals surface area contributed by atoms with Gasteiger partial charge >= 0.3 is 0 Å². The predicted octanol–water partition coefficient (Wildman–Crippen LogP) is 1.38. The van der Waals surface area contributed by atoms with E-state index in [-0.39, 0.29) is 0 Å². The molecule has 1 N–H and O–H groups in total. The molecule has 6 heteroatoms. The molecule has 0 aliphatic rings. The number of nitrogens with one attached hydrogen (secondary N) is 1. The van der Waals surface area contributed by atoms with Crippen LogP contribution in [0.2, 0.25) is 0 Å². The highest BCUT2D eigenvalue weighted by Crippen LogP contribution is 2.07. The Bertz CT molecular complexity index is 681. The van der Waals surface area contributed by atoms with E-state index in [0.29, 0.717) is 6.54 Å². The largest absolute Gasteiger partial charge is 0.364 e. The van der Waals surface area contributed by atoms with Crippen molar-refractivity contribution >= 4 is 11.5 Å². The molecule has 0 aliphatic carbocycles.